The predicted molar refractivity (Wildman–Crippen MR) is 203 cm³/mol. The van der Waals surface area contributed by atoms with E-state index < -0.39 is 21.7 Å². The van der Waals surface area contributed by atoms with Gasteiger partial charge in [-0.05, 0) is 60.7 Å². The second kappa shape index (κ2) is 14.7. The van der Waals surface area contributed by atoms with Crippen LogP contribution in [0.4, 0.5) is 34.1 Å². The maximum Gasteiger partial charge on any atom is 0.257 e. The molecule has 0 radical (unpaired) electrons. The zero-order valence-corrected chi connectivity index (χ0v) is 30.0. The molecule has 0 saturated heterocycles. The predicted octanol–water partition coefficient (Wildman–Crippen LogP) is 3.20. The Bertz CT molecular complexity index is 2420. The number of aromatic hydroxyl groups is 2. The lowest BCUT2D eigenvalue weighted by atomic mass is 10.00. The van der Waals surface area contributed by atoms with Crippen LogP contribution in [-0.2, 0) is 0 Å². The molecule has 5 aromatic carbocycles. The number of carbonyl (C=O) groups is 2. The molecule has 1 heterocycles. The van der Waals surface area contributed by atoms with Gasteiger partial charge < -0.3 is 50.8 Å². The van der Waals surface area contributed by atoms with E-state index >= 15 is 0 Å². The van der Waals surface area contributed by atoms with Crippen LogP contribution in [0.1, 0.15) is 45.2 Å². The van der Waals surface area contributed by atoms with Gasteiger partial charge in [-0.2, -0.15) is 0 Å². The quantitative estimate of drug-likeness (QED) is 0.0848. The lowest BCUT2D eigenvalue weighted by Crippen LogP contribution is -2.37. The summed E-state index contributed by atoms with van der Waals surface area (Å²) in [5, 5.41) is 32.1. The van der Waals surface area contributed by atoms with Crippen molar-refractivity contribution in [2.75, 3.05) is 63.3 Å². The van der Waals surface area contributed by atoms with E-state index in [4.69, 9.17) is 9.47 Å². The lowest BCUT2D eigenvalue weighted by Gasteiger charge is -2.23. The van der Waals surface area contributed by atoms with Crippen LogP contribution in [0.15, 0.2) is 73.8 Å². The minimum absolute atomic E-state index is 0.0659. The van der Waals surface area contributed by atoms with Crippen molar-refractivity contribution < 1.29 is 29.3 Å². The van der Waals surface area contributed by atoms with Crippen molar-refractivity contribution in [2.24, 2.45) is 5.92 Å². The highest BCUT2D eigenvalue weighted by Crippen LogP contribution is 2.46. The largest absolute Gasteiger partial charge is 0.505 e. The van der Waals surface area contributed by atoms with Crippen LogP contribution in [0, 0.1) is 5.92 Å². The molecule has 1 aliphatic heterocycles. The van der Waals surface area contributed by atoms with E-state index in [1.165, 1.54) is 35.0 Å². The van der Waals surface area contributed by atoms with Crippen molar-refractivity contribution >= 4 is 45.9 Å². The molecular formula is C38H38N6O10. The van der Waals surface area contributed by atoms with Crippen molar-refractivity contribution in [3.8, 4) is 23.0 Å². The fraction of sp³-hybridized carbons (Fsp3) is 0.263. The van der Waals surface area contributed by atoms with Gasteiger partial charge in [0.05, 0.1) is 28.5 Å². The average Bonchev–Trinajstić information content (AvgIpc) is 3.90. The topological polar surface area (TPSA) is 216 Å². The van der Waals surface area contributed by atoms with Crippen molar-refractivity contribution in [1.82, 2.24) is 9.80 Å². The Morgan fingerprint density at radius 1 is 0.685 bits per heavy atom. The molecule has 5 aromatic rings. The molecule has 0 unspecified atom stereocenters. The normalized spacial score (nSPS) is 13.4. The van der Waals surface area contributed by atoms with Crippen LogP contribution >= 0.6 is 0 Å². The van der Waals surface area contributed by atoms with Gasteiger partial charge in [0.25, 0.3) is 33.5 Å². The third-order valence-electron chi connectivity index (χ3n) is 9.08. The van der Waals surface area contributed by atoms with Crippen molar-refractivity contribution in [3.63, 3.8) is 0 Å². The number of ether oxygens (including phenoxy) is 2. The van der Waals surface area contributed by atoms with E-state index in [1.807, 2.05) is 18.2 Å². The third-order valence-corrected chi connectivity index (χ3v) is 9.08. The Balaban J connectivity index is 0.000000205. The fourth-order valence-corrected chi connectivity index (χ4v) is 5.95. The van der Waals surface area contributed by atoms with Gasteiger partial charge in [0.2, 0.25) is 6.79 Å². The summed E-state index contributed by atoms with van der Waals surface area (Å²) in [6, 6.07) is 14.7. The Morgan fingerprint density at radius 2 is 1.17 bits per heavy atom. The molecule has 280 valence electrons. The van der Waals surface area contributed by atoms with Gasteiger partial charge in [-0.15, -0.1) is 0 Å². The standard InChI is InChI=1S/C24H23N3O6.C14H15N3O4/c1-27(2)24(31)14-4-3-5-15(21(14)28)25-19-20(23(30)22(19)29)26-18(12-6-7-12)13-8-9-16-17(10-13)33-11-32-16;1-15-9-10(13(20)12(9)19)16-8-6-4-5-7(11(8)18)14(21)17(2)3/h3-5,8-10,12,18,25-26,28H,6-7,11H2,1-2H3;4-6,15-16,18H,1-3H3/t18-;/m1./s1. The number of anilines is 6. The number of rotatable bonds is 11. The molecule has 7 rings (SSSR count). The number of hydrogen-bond donors (Lipinski definition) is 6. The van der Waals surface area contributed by atoms with Crippen LogP contribution < -0.4 is 52.5 Å². The number of fused-ring (bicyclic) bond motifs is 1. The van der Waals surface area contributed by atoms with Gasteiger partial charge in [0.15, 0.2) is 23.0 Å². The van der Waals surface area contributed by atoms with Gasteiger partial charge in [-0.25, -0.2) is 0 Å². The molecule has 0 spiro atoms. The number of para-hydroxylation sites is 2. The molecule has 2 amide bonds. The lowest BCUT2D eigenvalue weighted by molar-refractivity contribution is 0.0817. The summed E-state index contributed by atoms with van der Waals surface area (Å²) in [7, 11) is 7.81. The number of amides is 2. The van der Waals surface area contributed by atoms with E-state index in [9.17, 15) is 39.0 Å². The number of phenols is 2. The van der Waals surface area contributed by atoms with Crippen LogP contribution in [0.5, 0.6) is 23.0 Å². The van der Waals surface area contributed by atoms with E-state index in [1.54, 1.807) is 46.4 Å². The molecule has 0 bridgehead atoms. The van der Waals surface area contributed by atoms with Crippen LogP contribution in [0.25, 0.3) is 0 Å². The van der Waals surface area contributed by atoms with Crippen molar-refractivity contribution in [3.05, 3.63) is 112 Å². The minimum atomic E-state index is -0.679. The highest BCUT2D eigenvalue weighted by Gasteiger charge is 2.36. The Morgan fingerprint density at radius 3 is 1.67 bits per heavy atom. The highest BCUT2D eigenvalue weighted by atomic mass is 16.7. The molecule has 1 saturated carbocycles. The zero-order valence-electron chi connectivity index (χ0n) is 30.0. The number of carbonyl (C=O) groups excluding carboxylic acids is 2. The molecule has 16 heteroatoms. The van der Waals surface area contributed by atoms with Gasteiger partial charge in [0.1, 0.15) is 22.7 Å². The summed E-state index contributed by atoms with van der Waals surface area (Å²) in [4.78, 5) is 74.5. The minimum Gasteiger partial charge on any atom is -0.505 e. The molecule has 1 aliphatic carbocycles. The van der Waals surface area contributed by atoms with E-state index in [2.05, 4.69) is 21.3 Å². The molecule has 2 aliphatic rings. The van der Waals surface area contributed by atoms with Gasteiger partial charge in [-0.3, -0.25) is 28.8 Å². The first-order chi connectivity index (χ1) is 25.7. The first kappa shape index (κ1) is 36.9. The number of benzene rings is 3. The smallest absolute Gasteiger partial charge is 0.257 e. The van der Waals surface area contributed by atoms with Crippen LogP contribution in [0.2, 0.25) is 0 Å². The Hall–Kier alpha value is -6.84. The fourth-order valence-electron chi connectivity index (χ4n) is 5.95. The highest BCUT2D eigenvalue weighted by molar-refractivity contribution is 6.00. The number of nitrogens with zero attached hydrogens (tertiary/aromatic N) is 2. The van der Waals surface area contributed by atoms with E-state index in [0.717, 1.165) is 18.4 Å². The molecule has 0 aromatic heterocycles. The summed E-state index contributed by atoms with van der Waals surface area (Å²) in [6.07, 6.45) is 2.00. The van der Waals surface area contributed by atoms with Crippen molar-refractivity contribution in [2.45, 2.75) is 18.9 Å². The first-order valence-corrected chi connectivity index (χ1v) is 16.8. The summed E-state index contributed by atoms with van der Waals surface area (Å²) >= 11 is 0. The zero-order chi connectivity index (χ0) is 39.0. The van der Waals surface area contributed by atoms with Gasteiger partial charge in [-0.1, -0.05) is 18.2 Å². The maximum atomic E-state index is 12.4. The van der Waals surface area contributed by atoms with Gasteiger partial charge >= 0.3 is 0 Å². The molecule has 6 N–H and O–H groups in total. The molecular weight excluding hydrogens is 700 g/mol. The van der Waals surface area contributed by atoms with Crippen LogP contribution in [0.3, 0.4) is 0 Å². The summed E-state index contributed by atoms with van der Waals surface area (Å²) < 4.78 is 10.9. The first-order valence-electron chi connectivity index (χ1n) is 16.8. The Kier molecular flexibility index (Phi) is 10.0. The summed E-state index contributed by atoms with van der Waals surface area (Å²) in [5.41, 5.74) is -0.625. The number of hydrogen-bond acceptors (Lipinski definition) is 14. The summed E-state index contributed by atoms with van der Waals surface area (Å²) in [5.74, 6) is 0.335. The molecule has 1 atom stereocenters. The second-order valence-corrected chi connectivity index (χ2v) is 13.2. The van der Waals surface area contributed by atoms with Crippen molar-refractivity contribution in [1.29, 1.82) is 0 Å². The third kappa shape index (κ3) is 6.88. The average molecular weight is 739 g/mol. The second-order valence-electron chi connectivity index (χ2n) is 13.2. The van der Waals surface area contributed by atoms with E-state index in [-0.39, 0.29) is 81.4 Å². The van der Waals surface area contributed by atoms with Crippen LogP contribution in [-0.4, -0.2) is 73.9 Å². The number of nitrogens with one attached hydrogen (secondary N) is 4. The van der Waals surface area contributed by atoms with Gasteiger partial charge in [0, 0.05) is 35.2 Å². The van der Waals surface area contributed by atoms with E-state index in [0.29, 0.717) is 17.4 Å². The maximum absolute atomic E-state index is 12.4. The molecule has 54 heavy (non-hydrogen) atoms. The Labute approximate surface area is 307 Å². The number of phenolic OH excluding ortho intramolecular Hbond substituents is 2. The molecule has 1 fully saturated rings. The SMILES string of the molecule is CN(C)C(=O)c1cccc(Nc2c(N[C@@H](c3ccc4c(c3)OCO4)C3CC3)c(=O)c2=O)c1O.CNc1c(Nc2cccc(C(=O)N(C)C)c2O)c(=O)c1=O. The molecule has 16 nitrogen and oxygen atoms in total. The summed E-state index contributed by atoms with van der Waals surface area (Å²) in [6.45, 7) is 0.172. The monoisotopic (exact) mass is 738 g/mol.